The van der Waals surface area contributed by atoms with Gasteiger partial charge in [0, 0.05) is 40.1 Å². The molecule has 3 heterocycles. The summed E-state index contributed by atoms with van der Waals surface area (Å²) in [4.78, 5) is 13.6. The Labute approximate surface area is 177 Å². The number of carbonyl (C=O) groups is 1. The first kappa shape index (κ1) is 18.7. The smallest absolute Gasteiger partial charge is 0.220 e. The highest BCUT2D eigenvalue weighted by Gasteiger charge is 2.25. The van der Waals surface area contributed by atoms with Crippen molar-refractivity contribution < 1.29 is 4.79 Å². The lowest BCUT2D eigenvalue weighted by Crippen LogP contribution is -2.44. The minimum Gasteiger partial charge on any atom is -0.349 e. The van der Waals surface area contributed by atoms with Crippen LogP contribution < -0.4 is 10.6 Å². The third-order valence-corrected chi connectivity index (χ3v) is 7.22. The summed E-state index contributed by atoms with van der Waals surface area (Å²) >= 11 is 6.68. The van der Waals surface area contributed by atoms with Crippen molar-refractivity contribution in [3.63, 3.8) is 0 Å². The van der Waals surface area contributed by atoms with E-state index in [-0.39, 0.29) is 11.9 Å². The second-order valence-electron chi connectivity index (χ2n) is 7.25. The van der Waals surface area contributed by atoms with Gasteiger partial charge in [-0.1, -0.05) is 24.3 Å². The highest BCUT2D eigenvalue weighted by Crippen LogP contribution is 2.42. The first-order valence-corrected chi connectivity index (χ1v) is 10.9. The molecule has 1 amide bonds. The van der Waals surface area contributed by atoms with E-state index in [0.29, 0.717) is 17.5 Å². The molecule has 3 aromatic rings. The van der Waals surface area contributed by atoms with Gasteiger partial charge < -0.3 is 10.6 Å². The van der Waals surface area contributed by atoms with Gasteiger partial charge in [-0.3, -0.25) is 4.79 Å². The minimum absolute atomic E-state index is 0.0625. The second-order valence-corrected chi connectivity index (χ2v) is 9.04. The Bertz CT molecular complexity index is 1050. The number of nitrogens with zero attached hydrogens (tertiary/aromatic N) is 3. The first-order chi connectivity index (χ1) is 14.2. The second kappa shape index (κ2) is 7.81. The highest BCUT2D eigenvalue weighted by molar-refractivity contribution is 8.00. The number of aromatic amines is 1. The molecule has 1 atom stereocenters. The van der Waals surface area contributed by atoms with E-state index in [4.69, 9.17) is 12.6 Å². The summed E-state index contributed by atoms with van der Waals surface area (Å²) in [5.41, 5.74) is 4.01. The van der Waals surface area contributed by atoms with Crippen LogP contribution in [0.2, 0.25) is 0 Å². The molecule has 7 nitrogen and oxygen atoms in total. The van der Waals surface area contributed by atoms with Gasteiger partial charge in [-0.05, 0) is 40.5 Å². The van der Waals surface area contributed by atoms with E-state index < -0.39 is 0 Å². The van der Waals surface area contributed by atoms with Gasteiger partial charge in [0.05, 0.1) is 6.04 Å². The van der Waals surface area contributed by atoms with Gasteiger partial charge in [-0.15, -0.1) is 34.6 Å². The molecule has 3 N–H and O–H groups in total. The van der Waals surface area contributed by atoms with Gasteiger partial charge >= 0.3 is 0 Å². The zero-order valence-electron chi connectivity index (χ0n) is 15.6. The summed E-state index contributed by atoms with van der Waals surface area (Å²) in [5, 5.41) is 21.6. The van der Waals surface area contributed by atoms with E-state index >= 15 is 0 Å². The average Bonchev–Trinajstić information content (AvgIpc) is 3.37. The molecule has 0 bridgehead atoms. The zero-order valence-corrected chi connectivity index (χ0v) is 17.3. The van der Waals surface area contributed by atoms with E-state index in [0.717, 1.165) is 51.6 Å². The summed E-state index contributed by atoms with van der Waals surface area (Å²) in [7, 11) is 0. The number of tetrazole rings is 1. The number of rotatable bonds is 5. The molecule has 148 valence electrons. The molecule has 1 aromatic heterocycles. The Morgan fingerprint density at radius 3 is 2.76 bits per heavy atom. The molecule has 29 heavy (non-hydrogen) atoms. The van der Waals surface area contributed by atoms with Crippen molar-refractivity contribution in [1.29, 1.82) is 0 Å². The molecular weight excluding hydrogens is 404 g/mol. The van der Waals surface area contributed by atoms with Crippen LogP contribution in [0.15, 0.2) is 46.2 Å². The maximum absolute atomic E-state index is 11.6. The topological polar surface area (TPSA) is 95.6 Å². The fraction of sp³-hybridized carbons (Fsp3) is 0.300. The summed E-state index contributed by atoms with van der Waals surface area (Å²) in [5.74, 6) is 0.635. The van der Waals surface area contributed by atoms with Crippen LogP contribution in [-0.2, 0) is 4.79 Å². The van der Waals surface area contributed by atoms with E-state index in [9.17, 15) is 4.79 Å². The van der Waals surface area contributed by atoms with Crippen LogP contribution in [0.25, 0.3) is 22.5 Å². The van der Waals surface area contributed by atoms with Crippen molar-refractivity contribution in [2.75, 3.05) is 13.1 Å². The van der Waals surface area contributed by atoms with Crippen LogP contribution in [0, 0.1) is 0 Å². The van der Waals surface area contributed by atoms with Crippen LogP contribution in [0.1, 0.15) is 24.4 Å². The fourth-order valence-electron chi connectivity index (χ4n) is 3.71. The summed E-state index contributed by atoms with van der Waals surface area (Å²) in [6.07, 6.45) is 1.40. The van der Waals surface area contributed by atoms with Crippen LogP contribution in [0.3, 0.4) is 0 Å². The van der Waals surface area contributed by atoms with E-state index in [1.165, 1.54) is 0 Å². The fourth-order valence-corrected chi connectivity index (χ4v) is 5.29. The molecule has 2 saturated heterocycles. The predicted octanol–water partition coefficient (Wildman–Crippen LogP) is 2.84. The van der Waals surface area contributed by atoms with Crippen LogP contribution in [0.5, 0.6) is 0 Å². The van der Waals surface area contributed by atoms with Gasteiger partial charge in [0.1, 0.15) is 0 Å². The molecule has 0 radical (unpaired) electrons. The first-order valence-electron chi connectivity index (χ1n) is 9.56. The molecule has 2 aromatic carbocycles. The number of carbonyl (C=O) groups excluding carboxylic acids is 1. The summed E-state index contributed by atoms with van der Waals surface area (Å²) in [6.45, 7) is 2.01. The minimum atomic E-state index is 0.0625. The number of nitrogens with one attached hydrogen (secondary N) is 3. The summed E-state index contributed by atoms with van der Waals surface area (Å²) < 4.78 is 0. The lowest BCUT2D eigenvalue weighted by atomic mass is 9.95. The van der Waals surface area contributed by atoms with Crippen LogP contribution in [-0.4, -0.2) is 44.9 Å². The highest BCUT2D eigenvalue weighted by atomic mass is 32.2. The number of hydrogen-bond donors (Lipinski definition) is 4. The third-order valence-electron chi connectivity index (χ3n) is 5.34. The Morgan fingerprint density at radius 1 is 1.17 bits per heavy atom. The number of benzene rings is 2. The van der Waals surface area contributed by atoms with E-state index in [1.54, 1.807) is 0 Å². The Hall–Kier alpha value is -2.36. The number of amides is 1. The van der Waals surface area contributed by atoms with Gasteiger partial charge in [-0.25, -0.2) is 0 Å². The average molecular weight is 425 g/mol. The lowest BCUT2D eigenvalue weighted by Gasteiger charge is -2.27. The van der Waals surface area contributed by atoms with E-state index in [1.807, 2.05) is 17.8 Å². The number of thiol groups is 1. The molecule has 5 rings (SSSR count). The van der Waals surface area contributed by atoms with Crippen LogP contribution in [0.4, 0.5) is 0 Å². The van der Waals surface area contributed by atoms with Crippen molar-refractivity contribution >= 4 is 30.3 Å². The number of aromatic nitrogens is 4. The zero-order chi connectivity index (χ0) is 19.8. The third kappa shape index (κ3) is 3.65. The molecule has 2 fully saturated rings. The predicted molar refractivity (Wildman–Crippen MR) is 115 cm³/mol. The van der Waals surface area contributed by atoms with E-state index in [2.05, 4.69) is 61.6 Å². The van der Waals surface area contributed by atoms with Gasteiger partial charge in [0.25, 0.3) is 0 Å². The lowest BCUT2D eigenvalue weighted by molar-refractivity contribution is -0.119. The van der Waals surface area contributed by atoms with Crippen molar-refractivity contribution in [3.05, 3.63) is 42.0 Å². The maximum atomic E-state index is 11.6. The molecule has 2 aliphatic heterocycles. The molecule has 0 saturated carbocycles. The quantitative estimate of drug-likeness (QED) is 0.471. The summed E-state index contributed by atoms with van der Waals surface area (Å²) in [6, 6.07) is 12.6. The normalized spacial score (nSPS) is 19.2. The number of thioether (sulfide) groups is 1. The molecule has 2 aliphatic rings. The van der Waals surface area contributed by atoms with Gasteiger partial charge in [0.2, 0.25) is 11.7 Å². The Balaban J connectivity index is 1.57. The van der Waals surface area contributed by atoms with Crippen LogP contribution >= 0.6 is 24.4 Å². The molecule has 0 spiro atoms. The molecule has 9 heteroatoms. The molecule has 1 unspecified atom stereocenters. The van der Waals surface area contributed by atoms with Gasteiger partial charge in [0.15, 0.2) is 0 Å². The number of H-pyrrole nitrogens is 1. The molecular formula is C20H20N6OS2. The van der Waals surface area contributed by atoms with Crippen molar-refractivity contribution in [2.45, 2.75) is 33.9 Å². The number of hydrogen-bond acceptors (Lipinski definition) is 7. The largest absolute Gasteiger partial charge is 0.349 e. The Morgan fingerprint density at radius 2 is 2.07 bits per heavy atom. The SMILES string of the molecule is O=C1CCC(c2cccc(-c3ccc(SC4CNC4)c(S)c3-c3nn[nH]n3)c2)N1. The Kier molecular flexibility index (Phi) is 5.03. The van der Waals surface area contributed by atoms with Crippen molar-refractivity contribution in [3.8, 4) is 22.5 Å². The van der Waals surface area contributed by atoms with Crippen molar-refractivity contribution in [2.24, 2.45) is 0 Å². The maximum Gasteiger partial charge on any atom is 0.220 e. The monoisotopic (exact) mass is 424 g/mol. The molecule has 0 aliphatic carbocycles. The van der Waals surface area contributed by atoms with Gasteiger partial charge in [-0.2, -0.15) is 5.21 Å². The standard InChI is InChI=1S/C20H20N6OS2/c27-17-7-5-15(22-17)12-3-1-2-11(8-12)14-4-6-16(29-13-9-21-10-13)19(28)18(14)20-23-25-26-24-20/h1-4,6,8,13,15,21,28H,5,7,9-10H2,(H,22,27)(H,23,24,25,26). The van der Waals surface area contributed by atoms with Crippen molar-refractivity contribution in [1.82, 2.24) is 31.3 Å².